The second kappa shape index (κ2) is 6.76. The van der Waals surface area contributed by atoms with E-state index < -0.39 is 0 Å². The number of hydrogen-bond acceptors (Lipinski definition) is 4. The molecular weight excluding hydrogens is 196 g/mol. The number of amides is 1. The van der Waals surface area contributed by atoms with Crippen LogP contribution in [0.5, 0.6) is 0 Å². The number of nitrogens with one attached hydrogen (secondary N) is 1. The summed E-state index contributed by atoms with van der Waals surface area (Å²) in [5, 5.41) is 2.89. The molecule has 1 heterocycles. The van der Waals surface area contributed by atoms with E-state index in [4.69, 9.17) is 15.2 Å². The van der Waals surface area contributed by atoms with Gasteiger partial charge in [0, 0.05) is 32.8 Å². The van der Waals surface area contributed by atoms with Crippen molar-refractivity contribution in [2.75, 3.05) is 33.5 Å². The van der Waals surface area contributed by atoms with Crippen LogP contribution in [-0.4, -0.2) is 45.4 Å². The van der Waals surface area contributed by atoms with Crippen molar-refractivity contribution in [1.29, 1.82) is 0 Å². The number of rotatable bonds is 5. The van der Waals surface area contributed by atoms with Gasteiger partial charge in [0.05, 0.1) is 12.6 Å². The zero-order valence-electron chi connectivity index (χ0n) is 9.20. The Bertz CT molecular complexity index is 193. The molecule has 1 fully saturated rings. The van der Waals surface area contributed by atoms with Gasteiger partial charge in [0.25, 0.3) is 0 Å². The molecule has 1 aliphatic heterocycles. The molecule has 0 aromatic rings. The lowest BCUT2D eigenvalue weighted by Gasteiger charge is -2.24. The first-order valence-corrected chi connectivity index (χ1v) is 5.35. The first kappa shape index (κ1) is 12.4. The van der Waals surface area contributed by atoms with E-state index in [0.717, 1.165) is 12.8 Å². The fourth-order valence-electron chi connectivity index (χ4n) is 1.65. The van der Waals surface area contributed by atoms with Gasteiger partial charge < -0.3 is 20.5 Å². The normalized spacial score (nSPS) is 19.9. The number of carbonyl (C=O) groups excluding carboxylic acids is 1. The standard InChI is InChI=1S/C10H20N2O3/c1-14-7-9(6-11)12-10(13)8-2-4-15-5-3-8/h8-9H,2-7,11H2,1H3,(H,12,13). The van der Waals surface area contributed by atoms with Crippen LogP contribution in [0.4, 0.5) is 0 Å². The molecule has 0 aromatic carbocycles. The molecule has 5 nitrogen and oxygen atoms in total. The van der Waals surface area contributed by atoms with E-state index in [1.807, 2.05) is 0 Å². The average molecular weight is 216 g/mol. The van der Waals surface area contributed by atoms with Crippen LogP contribution in [0, 0.1) is 5.92 Å². The van der Waals surface area contributed by atoms with Gasteiger partial charge in [-0.25, -0.2) is 0 Å². The molecule has 1 rings (SSSR count). The van der Waals surface area contributed by atoms with Crippen LogP contribution in [0.15, 0.2) is 0 Å². The number of methoxy groups -OCH3 is 1. The zero-order valence-corrected chi connectivity index (χ0v) is 9.20. The van der Waals surface area contributed by atoms with Crippen molar-refractivity contribution in [3.05, 3.63) is 0 Å². The van der Waals surface area contributed by atoms with Crippen molar-refractivity contribution >= 4 is 5.91 Å². The van der Waals surface area contributed by atoms with E-state index in [9.17, 15) is 4.79 Å². The third-order valence-corrected chi connectivity index (χ3v) is 2.59. The quantitative estimate of drug-likeness (QED) is 0.650. The molecule has 1 atom stereocenters. The monoisotopic (exact) mass is 216 g/mol. The smallest absolute Gasteiger partial charge is 0.223 e. The summed E-state index contributed by atoms with van der Waals surface area (Å²) in [6, 6.07) is -0.0784. The number of carbonyl (C=O) groups is 1. The Hall–Kier alpha value is -0.650. The SMILES string of the molecule is COCC(CN)NC(=O)C1CCOCC1. The average Bonchev–Trinajstić information content (AvgIpc) is 2.29. The first-order chi connectivity index (χ1) is 7.27. The van der Waals surface area contributed by atoms with Crippen LogP contribution in [0.1, 0.15) is 12.8 Å². The van der Waals surface area contributed by atoms with Gasteiger partial charge in [-0.3, -0.25) is 4.79 Å². The highest BCUT2D eigenvalue weighted by atomic mass is 16.5. The molecule has 0 radical (unpaired) electrons. The maximum Gasteiger partial charge on any atom is 0.223 e. The molecule has 3 N–H and O–H groups in total. The Kier molecular flexibility index (Phi) is 5.60. The summed E-state index contributed by atoms with van der Waals surface area (Å²) in [4.78, 5) is 11.8. The summed E-state index contributed by atoms with van der Waals surface area (Å²) in [6.07, 6.45) is 1.60. The summed E-state index contributed by atoms with van der Waals surface area (Å²) in [5.41, 5.74) is 5.52. The molecular formula is C10H20N2O3. The summed E-state index contributed by atoms with van der Waals surface area (Å²) in [6.45, 7) is 2.22. The largest absolute Gasteiger partial charge is 0.383 e. The van der Waals surface area contributed by atoms with E-state index in [0.29, 0.717) is 26.4 Å². The topological polar surface area (TPSA) is 73.6 Å². The fraction of sp³-hybridized carbons (Fsp3) is 0.900. The second-order valence-electron chi connectivity index (χ2n) is 3.78. The summed E-state index contributed by atoms with van der Waals surface area (Å²) >= 11 is 0. The third-order valence-electron chi connectivity index (χ3n) is 2.59. The summed E-state index contributed by atoms with van der Waals surface area (Å²) in [7, 11) is 1.60. The van der Waals surface area contributed by atoms with Crippen LogP contribution in [0.2, 0.25) is 0 Å². The number of hydrogen-bond donors (Lipinski definition) is 2. The fourth-order valence-corrected chi connectivity index (χ4v) is 1.65. The number of ether oxygens (including phenoxy) is 2. The Morgan fingerprint density at radius 3 is 2.80 bits per heavy atom. The van der Waals surface area contributed by atoms with Crippen LogP contribution in [0.3, 0.4) is 0 Å². The molecule has 1 saturated heterocycles. The van der Waals surface area contributed by atoms with Crippen molar-refractivity contribution in [1.82, 2.24) is 5.32 Å². The van der Waals surface area contributed by atoms with Crippen LogP contribution in [0.25, 0.3) is 0 Å². The predicted molar refractivity (Wildman–Crippen MR) is 56.4 cm³/mol. The second-order valence-corrected chi connectivity index (χ2v) is 3.78. The van der Waals surface area contributed by atoms with E-state index in [2.05, 4.69) is 5.32 Å². The summed E-state index contributed by atoms with van der Waals surface area (Å²) < 4.78 is 10.2. The van der Waals surface area contributed by atoms with Crippen molar-refractivity contribution < 1.29 is 14.3 Å². The van der Waals surface area contributed by atoms with Crippen molar-refractivity contribution in [3.63, 3.8) is 0 Å². The van der Waals surface area contributed by atoms with Crippen LogP contribution < -0.4 is 11.1 Å². The maximum atomic E-state index is 11.8. The van der Waals surface area contributed by atoms with Crippen LogP contribution in [-0.2, 0) is 14.3 Å². The number of nitrogens with two attached hydrogens (primary N) is 1. The van der Waals surface area contributed by atoms with E-state index in [1.54, 1.807) is 7.11 Å². The molecule has 0 saturated carbocycles. The minimum Gasteiger partial charge on any atom is -0.383 e. The van der Waals surface area contributed by atoms with Crippen molar-refractivity contribution in [2.24, 2.45) is 11.7 Å². The van der Waals surface area contributed by atoms with Gasteiger partial charge in [-0.05, 0) is 12.8 Å². The van der Waals surface area contributed by atoms with Gasteiger partial charge in [-0.1, -0.05) is 0 Å². The Morgan fingerprint density at radius 2 is 2.27 bits per heavy atom. The van der Waals surface area contributed by atoms with Gasteiger partial charge in [0.2, 0.25) is 5.91 Å². The third kappa shape index (κ3) is 4.15. The van der Waals surface area contributed by atoms with Gasteiger partial charge in [0.1, 0.15) is 0 Å². The van der Waals surface area contributed by atoms with Gasteiger partial charge in [0.15, 0.2) is 0 Å². The molecule has 0 bridgehead atoms. The molecule has 5 heteroatoms. The molecule has 0 aliphatic carbocycles. The lowest BCUT2D eigenvalue weighted by Crippen LogP contribution is -2.46. The molecule has 0 aromatic heterocycles. The Morgan fingerprint density at radius 1 is 1.60 bits per heavy atom. The molecule has 1 unspecified atom stereocenters. The van der Waals surface area contributed by atoms with Crippen molar-refractivity contribution in [2.45, 2.75) is 18.9 Å². The minimum absolute atomic E-state index is 0.0738. The van der Waals surface area contributed by atoms with E-state index >= 15 is 0 Å². The highest BCUT2D eigenvalue weighted by molar-refractivity contribution is 5.79. The lowest BCUT2D eigenvalue weighted by atomic mass is 9.99. The maximum absolute atomic E-state index is 11.8. The highest BCUT2D eigenvalue weighted by Crippen LogP contribution is 2.14. The van der Waals surface area contributed by atoms with Crippen LogP contribution >= 0.6 is 0 Å². The molecule has 1 amide bonds. The van der Waals surface area contributed by atoms with Crippen molar-refractivity contribution in [3.8, 4) is 0 Å². The Balaban J connectivity index is 2.31. The molecule has 15 heavy (non-hydrogen) atoms. The molecule has 1 aliphatic rings. The highest BCUT2D eigenvalue weighted by Gasteiger charge is 2.23. The molecule has 0 spiro atoms. The predicted octanol–water partition coefficient (Wildman–Crippen LogP) is -0.497. The van der Waals surface area contributed by atoms with Gasteiger partial charge >= 0.3 is 0 Å². The molecule has 88 valence electrons. The minimum atomic E-state index is -0.0784. The lowest BCUT2D eigenvalue weighted by molar-refractivity contribution is -0.128. The van der Waals surface area contributed by atoms with Gasteiger partial charge in [-0.2, -0.15) is 0 Å². The van der Waals surface area contributed by atoms with Gasteiger partial charge in [-0.15, -0.1) is 0 Å². The van der Waals surface area contributed by atoms with E-state index in [1.165, 1.54) is 0 Å². The zero-order chi connectivity index (χ0) is 11.1. The van der Waals surface area contributed by atoms with E-state index in [-0.39, 0.29) is 17.9 Å². The first-order valence-electron chi connectivity index (χ1n) is 5.35. The Labute approximate surface area is 90.3 Å². The summed E-state index contributed by atoms with van der Waals surface area (Å²) in [5.74, 6) is 0.149.